The predicted octanol–water partition coefficient (Wildman–Crippen LogP) is 2.11. The van der Waals surface area contributed by atoms with Crippen molar-refractivity contribution in [1.29, 1.82) is 0 Å². The van der Waals surface area contributed by atoms with Crippen LogP contribution < -0.4 is 4.74 Å². The Bertz CT molecular complexity index is 466. The number of hydrogen-bond donors (Lipinski definition) is 1. The third-order valence-electron chi connectivity index (χ3n) is 1.75. The van der Waals surface area contributed by atoms with E-state index in [9.17, 15) is 10.1 Å². The van der Waals surface area contributed by atoms with Crippen LogP contribution in [-0.4, -0.2) is 15.1 Å². The summed E-state index contributed by atoms with van der Waals surface area (Å²) in [6, 6.07) is 8.78. The Hall–Kier alpha value is -2.37. The molecule has 0 spiro atoms. The number of nitrogens with zero attached hydrogens (tertiary/aromatic N) is 2. The SMILES string of the molecule is O=[N+]([O-])c1cn[nH]c1Oc1ccccc1. The molecule has 1 aromatic heterocycles. The lowest BCUT2D eigenvalue weighted by molar-refractivity contribution is -0.385. The maximum Gasteiger partial charge on any atom is 0.350 e. The molecule has 0 bridgehead atoms. The van der Waals surface area contributed by atoms with Gasteiger partial charge in [0.15, 0.2) is 0 Å². The van der Waals surface area contributed by atoms with Crippen molar-refractivity contribution in [3.63, 3.8) is 0 Å². The highest BCUT2D eigenvalue weighted by molar-refractivity contribution is 5.40. The second-order valence-corrected chi connectivity index (χ2v) is 2.76. The third-order valence-corrected chi connectivity index (χ3v) is 1.75. The van der Waals surface area contributed by atoms with Crippen molar-refractivity contribution in [3.8, 4) is 11.6 Å². The first-order valence-electron chi connectivity index (χ1n) is 4.18. The minimum atomic E-state index is -0.554. The first-order valence-corrected chi connectivity index (χ1v) is 4.18. The Morgan fingerprint density at radius 2 is 2.07 bits per heavy atom. The van der Waals surface area contributed by atoms with Crippen molar-refractivity contribution in [2.45, 2.75) is 0 Å². The molecule has 2 rings (SSSR count). The molecular weight excluding hydrogens is 198 g/mol. The zero-order valence-electron chi connectivity index (χ0n) is 7.58. The predicted molar refractivity (Wildman–Crippen MR) is 51.8 cm³/mol. The van der Waals surface area contributed by atoms with Gasteiger partial charge in [-0.25, -0.2) is 5.10 Å². The van der Waals surface area contributed by atoms with E-state index in [-0.39, 0.29) is 11.6 Å². The first-order chi connectivity index (χ1) is 7.27. The number of H-pyrrole nitrogens is 1. The van der Waals surface area contributed by atoms with E-state index in [0.717, 1.165) is 6.20 Å². The third kappa shape index (κ3) is 1.93. The summed E-state index contributed by atoms with van der Waals surface area (Å²) < 4.78 is 5.25. The van der Waals surface area contributed by atoms with Crippen LogP contribution in [0, 0.1) is 10.1 Å². The van der Waals surface area contributed by atoms with E-state index < -0.39 is 4.92 Å². The number of hydrogen-bond acceptors (Lipinski definition) is 4. The number of para-hydroxylation sites is 1. The maximum atomic E-state index is 10.5. The molecular formula is C9H7N3O3. The van der Waals surface area contributed by atoms with Gasteiger partial charge in [0.1, 0.15) is 11.9 Å². The van der Waals surface area contributed by atoms with E-state index >= 15 is 0 Å². The highest BCUT2D eigenvalue weighted by atomic mass is 16.6. The molecule has 6 heteroatoms. The molecule has 15 heavy (non-hydrogen) atoms. The fourth-order valence-electron chi connectivity index (χ4n) is 1.08. The van der Waals surface area contributed by atoms with Crippen molar-refractivity contribution >= 4 is 5.69 Å². The smallest absolute Gasteiger partial charge is 0.350 e. The average molecular weight is 205 g/mol. The molecule has 0 saturated carbocycles. The number of ether oxygens (including phenoxy) is 1. The van der Waals surface area contributed by atoms with E-state index in [2.05, 4.69) is 10.2 Å². The summed E-state index contributed by atoms with van der Waals surface area (Å²) in [6.07, 6.45) is 1.11. The zero-order chi connectivity index (χ0) is 10.7. The van der Waals surface area contributed by atoms with Crippen LogP contribution in [0.2, 0.25) is 0 Å². The number of rotatable bonds is 3. The highest BCUT2D eigenvalue weighted by Crippen LogP contribution is 2.27. The lowest BCUT2D eigenvalue weighted by Crippen LogP contribution is -1.90. The van der Waals surface area contributed by atoms with E-state index in [1.807, 2.05) is 6.07 Å². The molecule has 0 fully saturated rings. The van der Waals surface area contributed by atoms with Crippen molar-refractivity contribution in [3.05, 3.63) is 46.6 Å². The fraction of sp³-hybridized carbons (Fsp3) is 0. The Morgan fingerprint density at radius 1 is 1.33 bits per heavy atom. The van der Waals surface area contributed by atoms with Crippen LogP contribution >= 0.6 is 0 Å². The van der Waals surface area contributed by atoms with Gasteiger partial charge in [0, 0.05) is 0 Å². The van der Waals surface area contributed by atoms with Gasteiger partial charge in [0.05, 0.1) is 4.92 Å². The standard InChI is InChI=1S/C9H7N3O3/c13-12(14)8-6-10-11-9(8)15-7-4-2-1-3-5-7/h1-6H,(H,10,11). The van der Waals surface area contributed by atoms with Gasteiger partial charge < -0.3 is 4.74 Å². The zero-order valence-corrected chi connectivity index (χ0v) is 7.58. The van der Waals surface area contributed by atoms with Crippen molar-refractivity contribution < 1.29 is 9.66 Å². The monoisotopic (exact) mass is 205 g/mol. The summed E-state index contributed by atoms with van der Waals surface area (Å²) in [4.78, 5) is 9.98. The average Bonchev–Trinajstić information content (AvgIpc) is 2.67. The maximum absolute atomic E-state index is 10.5. The van der Waals surface area contributed by atoms with Gasteiger partial charge in [0.2, 0.25) is 0 Å². The number of aromatic amines is 1. The Morgan fingerprint density at radius 3 is 2.73 bits per heavy atom. The van der Waals surface area contributed by atoms with E-state index in [1.54, 1.807) is 24.3 Å². The molecule has 0 aliphatic heterocycles. The van der Waals surface area contributed by atoms with Gasteiger partial charge in [-0.2, -0.15) is 5.10 Å². The molecule has 1 N–H and O–H groups in total. The summed E-state index contributed by atoms with van der Waals surface area (Å²) in [5, 5.41) is 16.5. The number of nitro groups is 1. The topological polar surface area (TPSA) is 81.0 Å². The second kappa shape index (κ2) is 3.79. The van der Waals surface area contributed by atoms with Crippen LogP contribution in [0.1, 0.15) is 0 Å². The van der Waals surface area contributed by atoms with Gasteiger partial charge in [0.25, 0.3) is 5.88 Å². The van der Waals surface area contributed by atoms with Gasteiger partial charge >= 0.3 is 5.69 Å². The van der Waals surface area contributed by atoms with Crippen LogP contribution in [0.25, 0.3) is 0 Å². The number of benzene rings is 1. The van der Waals surface area contributed by atoms with Crippen LogP contribution in [0.4, 0.5) is 5.69 Å². The molecule has 1 aromatic carbocycles. The van der Waals surface area contributed by atoms with E-state index in [1.165, 1.54) is 0 Å². The minimum Gasteiger partial charge on any atom is -0.434 e. The minimum absolute atomic E-state index is 0.0335. The van der Waals surface area contributed by atoms with Gasteiger partial charge in [-0.1, -0.05) is 18.2 Å². The first kappa shape index (κ1) is 9.20. The van der Waals surface area contributed by atoms with Gasteiger partial charge in [-0.05, 0) is 12.1 Å². The molecule has 2 aromatic rings. The molecule has 0 amide bonds. The molecule has 6 nitrogen and oxygen atoms in total. The summed E-state index contributed by atoms with van der Waals surface area (Å²) >= 11 is 0. The largest absolute Gasteiger partial charge is 0.434 e. The fourth-order valence-corrected chi connectivity index (χ4v) is 1.08. The quantitative estimate of drug-likeness (QED) is 0.614. The van der Waals surface area contributed by atoms with Crippen molar-refractivity contribution in [2.75, 3.05) is 0 Å². The Balaban J connectivity index is 2.25. The Kier molecular flexibility index (Phi) is 2.32. The Labute approximate surface area is 84.7 Å². The van der Waals surface area contributed by atoms with E-state index in [4.69, 9.17) is 4.74 Å². The molecule has 0 aliphatic rings. The van der Waals surface area contributed by atoms with Crippen LogP contribution in [-0.2, 0) is 0 Å². The van der Waals surface area contributed by atoms with Gasteiger partial charge in [-0.15, -0.1) is 0 Å². The molecule has 0 atom stereocenters. The van der Waals surface area contributed by atoms with Crippen LogP contribution in [0.15, 0.2) is 36.5 Å². The molecule has 1 heterocycles. The van der Waals surface area contributed by atoms with E-state index in [0.29, 0.717) is 5.75 Å². The second-order valence-electron chi connectivity index (χ2n) is 2.76. The highest BCUT2D eigenvalue weighted by Gasteiger charge is 2.17. The lowest BCUT2D eigenvalue weighted by Gasteiger charge is -2.00. The van der Waals surface area contributed by atoms with Gasteiger partial charge in [-0.3, -0.25) is 10.1 Å². The summed E-state index contributed by atoms with van der Waals surface area (Å²) in [5.74, 6) is 0.552. The summed E-state index contributed by atoms with van der Waals surface area (Å²) in [6.45, 7) is 0. The van der Waals surface area contributed by atoms with Crippen molar-refractivity contribution in [1.82, 2.24) is 10.2 Å². The normalized spacial score (nSPS) is 9.87. The molecule has 76 valence electrons. The van der Waals surface area contributed by atoms with Crippen molar-refractivity contribution in [2.24, 2.45) is 0 Å². The summed E-state index contributed by atoms with van der Waals surface area (Å²) in [7, 11) is 0. The number of nitrogens with one attached hydrogen (secondary N) is 1. The molecule has 0 saturated heterocycles. The molecule has 0 aliphatic carbocycles. The summed E-state index contributed by atoms with van der Waals surface area (Å²) in [5.41, 5.74) is -0.182. The molecule has 0 unspecified atom stereocenters. The van der Waals surface area contributed by atoms with Crippen LogP contribution in [0.5, 0.6) is 11.6 Å². The number of aromatic nitrogens is 2. The molecule has 0 radical (unpaired) electrons. The van der Waals surface area contributed by atoms with Crippen LogP contribution in [0.3, 0.4) is 0 Å². The lowest BCUT2D eigenvalue weighted by atomic mass is 10.3.